The van der Waals surface area contributed by atoms with Crippen molar-refractivity contribution in [2.75, 3.05) is 6.54 Å². The second kappa shape index (κ2) is 15.7. The maximum absolute atomic E-state index is 14.7. The van der Waals surface area contributed by atoms with Gasteiger partial charge < -0.3 is 37.3 Å². The van der Waals surface area contributed by atoms with Crippen molar-refractivity contribution in [2.45, 2.75) is 56.8 Å². The Kier molecular flexibility index (Phi) is 12.5. The van der Waals surface area contributed by atoms with Crippen LogP contribution in [0.4, 0.5) is 13.6 Å². The molecule has 8 N–H and O–H groups in total. The SMILES string of the molecule is C[C@H](NC(=O)C(Cc1ccccc1)(NC(=O)OCc1ccccc1)C(F)F)C(=O)N[C@@H](CCCN=C(N)N)C(=O)O. The highest BCUT2D eigenvalue weighted by molar-refractivity contribution is 5.95. The van der Waals surface area contributed by atoms with Gasteiger partial charge in [0.2, 0.25) is 5.91 Å². The average molecular weight is 577 g/mol. The summed E-state index contributed by atoms with van der Waals surface area (Å²) in [5.41, 5.74) is 8.53. The minimum absolute atomic E-state index is 0.0394. The van der Waals surface area contributed by atoms with Crippen LogP contribution in [0.2, 0.25) is 0 Å². The van der Waals surface area contributed by atoms with E-state index >= 15 is 0 Å². The molecule has 12 nitrogen and oxygen atoms in total. The highest BCUT2D eigenvalue weighted by Gasteiger charge is 2.50. The van der Waals surface area contributed by atoms with E-state index in [1.54, 1.807) is 48.5 Å². The standard InChI is InChI=1S/C27H34F2N6O6/c1-17(21(36)34-20(22(37)38)13-8-14-32-25(30)31)33-24(39)27(23(28)29,15-18-9-4-2-5-10-18)35-26(40)41-16-19-11-6-3-7-12-19/h2-7,9-12,17,20,23H,8,13-16H2,1H3,(H,33,39)(H,34,36)(H,35,40)(H,37,38)(H4,30,31,32)/t17-,20-,27?/m0/s1. The first-order valence-corrected chi connectivity index (χ1v) is 12.6. The number of nitrogens with zero attached hydrogens (tertiary/aromatic N) is 1. The molecule has 2 rings (SSSR count). The van der Waals surface area contributed by atoms with Crippen molar-refractivity contribution in [3.8, 4) is 0 Å². The molecule has 0 radical (unpaired) electrons. The molecule has 0 heterocycles. The molecule has 41 heavy (non-hydrogen) atoms. The highest BCUT2D eigenvalue weighted by atomic mass is 19.3. The molecule has 0 saturated carbocycles. The molecule has 0 aliphatic carbocycles. The van der Waals surface area contributed by atoms with Gasteiger partial charge >= 0.3 is 12.1 Å². The van der Waals surface area contributed by atoms with E-state index in [1.807, 2.05) is 5.32 Å². The van der Waals surface area contributed by atoms with E-state index in [9.17, 15) is 33.1 Å². The number of guanidine groups is 1. The number of carbonyl (C=O) groups excluding carboxylic acids is 3. The Morgan fingerprint density at radius 1 is 0.976 bits per heavy atom. The topological polar surface area (TPSA) is 198 Å². The summed E-state index contributed by atoms with van der Waals surface area (Å²) < 4.78 is 34.4. The summed E-state index contributed by atoms with van der Waals surface area (Å²) in [5.74, 6) is -3.83. The van der Waals surface area contributed by atoms with Crippen LogP contribution in [0.3, 0.4) is 0 Å². The number of ether oxygens (including phenoxy) is 1. The van der Waals surface area contributed by atoms with Gasteiger partial charge in [-0.05, 0) is 30.9 Å². The van der Waals surface area contributed by atoms with Crippen LogP contribution in [0.15, 0.2) is 65.7 Å². The average Bonchev–Trinajstić information content (AvgIpc) is 2.93. The zero-order valence-electron chi connectivity index (χ0n) is 22.4. The van der Waals surface area contributed by atoms with Crippen molar-refractivity contribution in [3.63, 3.8) is 0 Å². The van der Waals surface area contributed by atoms with E-state index in [2.05, 4.69) is 15.6 Å². The van der Waals surface area contributed by atoms with Crippen molar-refractivity contribution in [3.05, 3.63) is 71.8 Å². The lowest BCUT2D eigenvalue weighted by atomic mass is 9.89. The van der Waals surface area contributed by atoms with Gasteiger partial charge in [0.25, 0.3) is 12.3 Å². The number of hydrogen-bond acceptors (Lipinski definition) is 6. The third kappa shape index (κ3) is 10.4. The molecule has 1 unspecified atom stereocenters. The lowest BCUT2D eigenvalue weighted by Gasteiger charge is -2.33. The molecule has 0 saturated heterocycles. The highest BCUT2D eigenvalue weighted by Crippen LogP contribution is 2.23. The van der Waals surface area contributed by atoms with E-state index in [0.717, 1.165) is 0 Å². The zero-order chi connectivity index (χ0) is 30.4. The normalized spacial score (nSPS) is 13.7. The van der Waals surface area contributed by atoms with Crippen LogP contribution in [-0.4, -0.2) is 65.5 Å². The number of alkyl halides is 2. The van der Waals surface area contributed by atoms with Crippen LogP contribution >= 0.6 is 0 Å². The van der Waals surface area contributed by atoms with Gasteiger partial charge in [-0.15, -0.1) is 0 Å². The molecule has 0 aliphatic heterocycles. The maximum atomic E-state index is 14.7. The van der Waals surface area contributed by atoms with Crippen LogP contribution in [0.5, 0.6) is 0 Å². The predicted molar refractivity (Wildman–Crippen MR) is 146 cm³/mol. The van der Waals surface area contributed by atoms with Crippen LogP contribution in [-0.2, 0) is 32.1 Å². The van der Waals surface area contributed by atoms with Crippen molar-refractivity contribution >= 4 is 29.8 Å². The van der Waals surface area contributed by atoms with Gasteiger partial charge in [-0.25, -0.2) is 18.4 Å². The Bertz CT molecular complexity index is 1200. The molecule has 0 spiro atoms. The maximum Gasteiger partial charge on any atom is 0.408 e. The Morgan fingerprint density at radius 2 is 1.56 bits per heavy atom. The number of aliphatic carboxylic acids is 1. The fourth-order valence-electron chi connectivity index (χ4n) is 3.72. The Labute approximate surface area is 235 Å². The number of amides is 3. The molecular weight excluding hydrogens is 542 g/mol. The largest absolute Gasteiger partial charge is 0.480 e. The molecule has 0 bridgehead atoms. The molecule has 2 aromatic carbocycles. The first kappa shape index (κ1) is 32.5. The number of carboxylic acid groups (broad SMARTS) is 1. The zero-order valence-corrected chi connectivity index (χ0v) is 22.4. The van der Waals surface area contributed by atoms with E-state index in [0.29, 0.717) is 11.1 Å². The number of hydrogen-bond donors (Lipinski definition) is 6. The van der Waals surface area contributed by atoms with Crippen LogP contribution in [0, 0.1) is 0 Å². The minimum Gasteiger partial charge on any atom is -0.480 e. The van der Waals surface area contributed by atoms with Crippen molar-refractivity contribution in [2.24, 2.45) is 16.5 Å². The first-order chi connectivity index (χ1) is 19.4. The molecule has 14 heteroatoms. The molecular formula is C27H34F2N6O6. The number of nitrogens with one attached hydrogen (secondary N) is 3. The molecule has 0 aromatic heterocycles. The number of alkyl carbamates (subject to hydrolysis) is 1. The van der Waals surface area contributed by atoms with E-state index in [1.165, 1.54) is 19.1 Å². The first-order valence-electron chi connectivity index (χ1n) is 12.6. The fourth-order valence-corrected chi connectivity index (χ4v) is 3.72. The van der Waals surface area contributed by atoms with E-state index in [4.69, 9.17) is 16.2 Å². The van der Waals surface area contributed by atoms with Gasteiger partial charge in [0.1, 0.15) is 18.7 Å². The van der Waals surface area contributed by atoms with E-state index in [-0.39, 0.29) is 32.0 Å². The second-order valence-electron chi connectivity index (χ2n) is 9.16. The van der Waals surface area contributed by atoms with Gasteiger partial charge in [0, 0.05) is 13.0 Å². The Balaban J connectivity index is 2.19. The smallest absolute Gasteiger partial charge is 0.408 e. The lowest BCUT2D eigenvalue weighted by molar-refractivity contribution is -0.142. The number of rotatable bonds is 15. The monoisotopic (exact) mass is 576 g/mol. The summed E-state index contributed by atoms with van der Waals surface area (Å²) in [5, 5.41) is 15.9. The molecule has 0 aliphatic rings. The summed E-state index contributed by atoms with van der Waals surface area (Å²) >= 11 is 0. The predicted octanol–water partition coefficient (Wildman–Crippen LogP) is 1.29. The van der Waals surface area contributed by atoms with Gasteiger partial charge in [-0.2, -0.15) is 0 Å². The van der Waals surface area contributed by atoms with E-state index < -0.39 is 54.3 Å². The third-order valence-corrected chi connectivity index (χ3v) is 5.94. The van der Waals surface area contributed by atoms with Gasteiger partial charge in [-0.3, -0.25) is 14.6 Å². The quantitative estimate of drug-likeness (QED) is 0.103. The summed E-state index contributed by atoms with van der Waals surface area (Å²) in [4.78, 5) is 54.0. The lowest BCUT2D eigenvalue weighted by Crippen LogP contribution is -2.66. The van der Waals surface area contributed by atoms with Crippen LogP contribution in [0.25, 0.3) is 0 Å². The fraction of sp³-hybridized carbons (Fsp3) is 0.370. The summed E-state index contributed by atoms with van der Waals surface area (Å²) in [7, 11) is 0. The minimum atomic E-state index is -3.43. The third-order valence-electron chi connectivity index (χ3n) is 5.94. The van der Waals surface area contributed by atoms with Crippen LogP contribution in [0.1, 0.15) is 30.9 Å². The van der Waals surface area contributed by atoms with Crippen molar-refractivity contribution in [1.29, 1.82) is 0 Å². The number of nitrogens with two attached hydrogens (primary N) is 2. The molecule has 0 fully saturated rings. The summed E-state index contributed by atoms with van der Waals surface area (Å²) in [6.07, 6.45) is -5.15. The van der Waals surface area contributed by atoms with Crippen LogP contribution < -0.4 is 27.4 Å². The second-order valence-corrected chi connectivity index (χ2v) is 9.16. The molecule has 3 amide bonds. The Hall–Kier alpha value is -4.75. The van der Waals surface area contributed by atoms with Gasteiger partial charge in [0.15, 0.2) is 11.5 Å². The number of halogens is 2. The molecule has 2 aromatic rings. The van der Waals surface area contributed by atoms with Gasteiger partial charge in [0.05, 0.1) is 0 Å². The number of carbonyl (C=O) groups is 4. The number of carboxylic acids is 1. The molecule has 3 atom stereocenters. The number of aliphatic imine (C=N–C) groups is 1. The summed E-state index contributed by atoms with van der Waals surface area (Å²) in [6.45, 7) is 1.08. The molecule has 222 valence electrons. The number of benzene rings is 2. The Morgan fingerprint density at radius 3 is 2.10 bits per heavy atom. The van der Waals surface area contributed by atoms with Gasteiger partial charge in [-0.1, -0.05) is 60.7 Å². The van der Waals surface area contributed by atoms with Crippen molar-refractivity contribution in [1.82, 2.24) is 16.0 Å². The summed E-state index contributed by atoms with van der Waals surface area (Å²) in [6, 6.07) is 13.5. The van der Waals surface area contributed by atoms with Crippen molar-refractivity contribution < 1.29 is 37.8 Å².